The molecule has 3 N–H and O–H groups in total. The van der Waals surface area contributed by atoms with Gasteiger partial charge in [0, 0.05) is 29.7 Å². The van der Waals surface area contributed by atoms with Crippen molar-refractivity contribution >= 4 is 27.5 Å². The van der Waals surface area contributed by atoms with Gasteiger partial charge in [-0.3, -0.25) is 4.79 Å². The van der Waals surface area contributed by atoms with Crippen molar-refractivity contribution in [3.05, 3.63) is 28.2 Å². The Bertz CT molecular complexity index is 432. The number of amides is 1. The minimum atomic E-state index is -0.398. The van der Waals surface area contributed by atoms with E-state index in [0.29, 0.717) is 11.6 Å². The summed E-state index contributed by atoms with van der Waals surface area (Å²) < 4.78 is 0.919. The van der Waals surface area contributed by atoms with Crippen molar-refractivity contribution in [3.63, 3.8) is 0 Å². The molecule has 1 saturated heterocycles. The summed E-state index contributed by atoms with van der Waals surface area (Å²) >= 11 is 3.51. The lowest BCUT2D eigenvalue weighted by Gasteiger charge is -2.39. The minimum Gasteiger partial charge on any atom is -0.366 e. The van der Waals surface area contributed by atoms with Gasteiger partial charge in [-0.2, -0.15) is 0 Å². The van der Waals surface area contributed by atoms with Gasteiger partial charge in [0.25, 0.3) is 0 Å². The summed E-state index contributed by atoms with van der Waals surface area (Å²) in [5, 5.41) is 3.26. The molecule has 17 heavy (non-hydrogen) atoms. The summed E-state index contributed by atoms with van der Waals surface area (Å²) in [5.41, 5.74) is 6.90. The number of likely N-dealkylation sites (N-methyl/N-ethyl adjacent to an activating group) is 1. The van der Waals surface area contributed by atoms with Crippen molar-refractivity contribution in [3.8, 4) is 0 Å². The van der Waals surface area contributed by atoms with Crippen LogP contribution in [0.3, 0.4) is 0 Å². The Labute approximate surface area is 109 Å². The molecule has 0 spiro atoms. The summed E-state index contributed by atoms with van der Waals surface area (Å²) in [6.07, 6.45) is 0. The normalized spacial score (nSPS) is 15.4. The molecule has 1 amide bonds. The fourth-order valence-electron chi connectivity index (χ4n) is 2.01. The van der Waals surface area contributed by atoms with Crippen molar-refractivity contribution < 1.29 is 4.79 Å². The third-order valence-electron chi connectivity index (χ3n) is 3.08. The molecule has 1 heterocycles. The van der Waals surface area contributed by atoms with Crippen molar-refractivity contribution in [2.45, 2.75) is 13.0 Å². The molecule has 0 aliphatic carbocycles. The molecule has 1 fully saturated rings. The predicted octanol–water partition coefficient (Wildman–Crippen LogP) is 1.35. The second-order valence-electron chi connectivity index (χ2n) is 4.13. The molecule has 1 aromatic carbocycles. The maximum absolute atomic E-state index is 11.1. The predicted molar refractivity (Wildman–Crippen MR) is 72.3 cm³/mol. The van der Waals surface area contributed by atoms with Crippen LogP contribution in [0.15, 0.2) is 22.7 Å². The van der Waals surface area contributed by atoms with E-state index in [1.165, 1.54) is 0 Å². The molecular weight excluding hydrogens is 282 g/mol. The van der Waals surface area contributed by atoms with Crippen LogP contribution in [0, 0.1) is 0 Å². The average Bonchev–Trinajstić information content (AvgIpc) is 2.23. The zero-order valence-electron chi connectivity index (χ0n) is 9.74. The lowest BCUT2D eigenvalue weighted by molar-refractivity contribution is 0.100. The van der Waals surface area contributed by atoms with E-state index in [4.69, 9.17) is 5.73 Å². The summed E-state index contributed by atoms with van der Waals surface area (Å²) in [6.45, 7) is 5.10. The maximum Gasteiger partial charge on any atom is 0.248 e. The number of carbonyl (C=O) groups excluding carboxylic acids is 1. The largest absolute Gasteiger partial charge is 0.366 e. The number of nitrogens with zero attached hydrogens (tertiary/aromatic N) is 1. The number of hydrogen-bond donors (Lipinski definition) is 2. The Kier molecular flexibility index (Phi) is 3.69. The Morgan fingerprint density at radius 1 is 1.59 bits per heavy atom. The van der Waals surface area contributed by atoms with Crippen LogP contribution in [0.4, 0.5) is 5.69 Å². The molecule has 0 unspecified atom stereocenters. The van der Waals surface area contributed by atoms with Gasteiger partial charge in [0.05, 0.1) is 11.7 Å². The van der Waals surface area contributed by atoms with E-state index in [1.54, 1.807) is 12.1 Å². The quantitative estimate of drug-likeness (QED) is 0.882. The standard InChI is InChI=1S/C12H16BrN3O/c1-2-16(9-6-15-7-9)11-4-3-8(12(14)17)5-10(11)13/h3-5,9,15H,2,6-7H2,1H3,(H2,14,17). The van der Waals surface area contributed by atoms with Crippen LogP contribution in [-0.4, -0.2) is 31.6 Å². The third-order valence-corrected chi connectivity index (χ3v) is 3.72. The zero-order valence-corrected chi connectivity index (χ0v) is 11.3. The highest BCUT2D eigenvalue weighted by atomic mass is 79.9. The van der Waals surface area contributed by atoms with Gasteiger partial charge in [-0.15, -0.1) is 0 Å². The van der Waals surface area contributed by atoms with E-state index in [2.05, 4.69) is 33.1 Å². The minimum absolute atomic E-state index is 0.398. The van der Waals surface area contributed by atoms with E-state index in [1.807, 2.05) is 6.07 Å². The van der Waals surface area contributed by atoms with Crippen LogP contribution in [-0.2, 0) is 0 Å². The molecule has 0 atom stereocenters. The highest BCUT2D eigenvalue weighted by molar-refractivity contribution is 9.10. The number of primary amides is 1. The first-order valence-electron chi connectivity index (χ1n) is 5.70. The smallest absolute Gasteiger partial charge is 0.248 e. The Morgan fingerprint density at radius 2 is 2.29 bits per heavy atom. The van der Waals surface area contributed by atoms with E-state index in [0.717, 1.165) is 29.8 Å². The lowest BCUT2D eigenvalue weighted by atomic mass is 10.1. The molecule has 0 aromatic heterocycles. The van der Waals surface area contributed by atoms with Gasteiger partial charge in [0.15, 0.2) is 0 Å². The van der Waals surface area contributed by atoms with Crippen molar-refractivity contribution in [1.82, 2.24) is 5.32 Å². The van der Waals surface area contributed by atoms with Crippen molar-refractivity contribution in [2.75, 3.05) is 24.5 Å². The zero-order chi connectivity index (χ0) is 12.4. The van der Waals surface area contributed by atoms with Crippen molar-refractivity contribution in [1.29, 1.82) is 0 Å². The van der Waals surface area contributed by atoms with Crippen LogP contribution >= 0.6 is 15.9 Å². The van der Waals surface area contributed by atoms with Crippen LogP contribution in [0.2, 0.25) is 0 Å². The van der Waals surface area contributed by atoms with Crippen LogP contribution in [0.25, 0.3) is 0 Å². The second kappa shape index (κ2) is 5.06. The molecule has 92 valence electrons. The highest BCUT2D eigenvalue weighted by Crippen LogP contribution is 2.29. The number of rotatable bonds is 4. The first-order chi connectivity index (χ1) is 8.13. The molecule has 0 radical (unpaired) electrons. The lowest BCUT2D eigenvalue weighted by Crippen LogP contribution is -2.57. The molecule has 4 nitrogen and oxygen atoms in total. The summed E-state index contributed by atoms with van der Waals surface area (Å²) in [6, 6.07) is 6.05. The topological polar surface area (TPSA) is 58.4 Å². The first-order valence-corrected chi connectivity index (χ1v) is 6.49. The van der Waals surface area contributed by atoms with Crippen LogP contribution in [0.5, 0.6) is 0 Å². The van der Waals surface area contributed by atoms with Crippen LogP contribution < -0.4 is 16.0 Å². The van der Waals surface area contributed by atoms with Crippen molar-refractivity contribution in [2.24, 2.45) is 5.73 Å². The third kappa shape index (κ3) is 2.45. The number of benzene rings is 1. The summed E-state index contributed by atoms with van der Waals surface area (Å²) in [5.74, 6) is -0.398. The molecule has 1 aliphatic rings. The van der Waals surface area contributed by atoms with Gasteiger partial charge in [0.2, 0.25) is 5.91 Å². The number of hydrogen-bond acceptors (Lipinski definition) is 3. The number of halogens is 1. The Balaban J connectivity index is 2.27. The molecule has 1 aliphatic heterocycles. The molecule has 5 heteroatoms. The fraction of sp³-hybridized carbons (Fsp3) is 0.417. The monoisotopic (exact) mass is 297 g/mol. The number of nitrogens with two attached hydrogens (primary N) is 1. The van der Waals surface area contributed by atoms with Gasteiger partial charge in [-0.25, -0.2) is 0 Å². The number of carbonyl (C=O) groups is 1. The molecule has 1 aromatic rings. The highest BCUT2D eigenvalue weighted by Gasteiger charge is 2.24. The Morgan fingerprint density at radius 3 is 2.71 bits per heavy atom. The SMILES string of the molecule is CCN(c1ccc(C(N)=O)cc1Br)C1CNC1. The maximum atomic E-state index is 11.1. The number of anilines is 1. The van der Waals surface area contributed by atoms with E-state index in [-0.39, 0.29) is 0 Å². The second-order valence-corrected chi connectivity index (χ2v) is 4.98. The van der Waals surface area contributed by atoms with Gasteiger partial charge in [-0.1, -0.05) is 0 Å². The van der Waals surface area contributed by atoms with E-state index < -0.39 is 5.91 Å². The average molecular weight is 298 g/mol. The van der Waals surface area contributed by atoms with E-state index >= 15 is 0 Å². The summed E-state index contributed by atoms with van der Waals surface area (Å²) in [7, 11) is 0. The summed E-state index contributed by atoms with van der Waals surface area (Å²) in [4.78, 5) is 13.4. The number of nitrogens with one attached hydrogen (secondary N) is 1. The molecule has 0 saturated carbocycles. The first kappa shape index (κ1) is 12.4. The van der Waals surface area contributed by atoms with Gasteiger partial charge >= 0.3 is 0 Å². The van der Waals surface area contributed by atoms with E-state index in [9.17, 15) is 4.79 Å². The molecule has 0 bridgehead atoms. The fourth-order valence-corrected chi connectivity index (χ4v) is 2.62. The van der Waals surface area contributed by atoms with Gasteiger partial charge in [-0.05, 0) is 41.1 Å². The molecule has 2 rings (SSSR count). The molecular formula is C12H16BrN3O. The van der Waals surface area contributed by atoms with Crippen LogP contribution in [0.1, 0.15) is 17.3 Å². The Hall–Kier alpha value is -1.07. The van der Waals surface area contributed by atoms with Gasteiger partial charge in [0.1, 0.15) is 0 Å². The van der Waals surface area contributed by atoms with Gasteiger partial charge < -0.3 is 16.0 Å².